The average Bonchev–Trinajstić information content (AvgIpc) is 2.60. The van der Waals surface area contributed by atoms with Gasteiger partial charge in [-0.25, -0.2) is 0 Å². The molecular formula is C18H18ClN5. The largest absolute Gasteiger partial charge is 0.368 e. The average molecular weight is 340 g/mol. The second-order valence-corrected chi connectivity index (χ2v) is 5.82. The lowest BCUT2D eigenvalue weighted by Crippen LogP contribution is -2.08. The summed E-state index contributed by atoms with van der Waals surface area (Å²) in [5.41, 5.74) is 3.13. The van der Waals surface area contributed by atoms with E-state index in [2.05, 4.69) is 37.9 Å². The van der Waals surface area contributed by atoms with Crippen LogP contribution in [0.15, 0.2) is 54.7 Å². The highest BCUT2D eigenvalue weighted by molar-refractivity contribution is 6.31. The fraction of sp³-hybridized carbons (Fsp3) is 0.167. The molecule has 3 rings (SSSR count). The Morgan fingerprint density at radius 3 is 2.71 bits per heavy atom. The molecule has 0 saturated carbocycles. The summed E-state index contributed by atoms with van der Waals surface area (Å²) >= 11 is 6.13. The molecule has 0 aliphatic carbocycles. The first-order valence-corrected chi connectivity index (χ1v) is 8.09. The Morgan fingerprint density at radius 1 is 1.08 bits per heavy atom. The van der Waals surface area contributed by atoms with E-state index in [1.54, 1.807) is 6.20 Å². The number of aromatic nitrogens is 3. The van der Waals surface area contributed by atoms with Crippen molar-refractivity contribution in [2.75, 3.05) is 17.2 Å². The summed E-state index contributed by atoms with van der Waals surface area (Å²) in [5, 5.41) is 15.0. The van der Waals surface area contributed by atoms with Crippen LogP contribution in [0.25, 0.3) is 0 Å². The van der Waals surface area contributed by atoms with E-state index in [0.29, 0.717) is 16.8 Å². The smallest absolute Gasteiger partial charge is 0.249 e. The summed E-state index contributed by atoms with van der Waals surface area (Å²) in [6, 6.07) is 16.0. The molecule has 1 heterocycles. The van der Waals surface area contributed by atoms with Crippen LogP contribution in [0.5, 0.6) is 0 Å². The van der Waals surface area contributed by atoms with E-state index in [-0.39, 0.29) is 0 Å². The van der Waals surface area contributed by atoms with Gasteiger partial charge in [-0.15, -0.1) is 5.10 Å². The highest BCUT2D eigenvalue weighted by Crippen LogP contribution is 2.21. The normalized spacial score (nSPS) is 10.4. The lowest BCUT2D eigenvalue weighted by atomic mass is 10.1. The summed E-state index contributed by atoms with van der Waals surface area (Å²) in [6.07, 6.45) is 2.53. The quantitative estimate of drug-likeness (QED) is 0.703. The zero-order valence-corrected chi connectivity index (χ0v) is 14.1. The van der Waals surface area contributed by atoms with Crippen molar-refractivity contribution in [3.05, 3.63) is 70.9 Å². The van der Waals surface area contributed by atoms with Gasteiger partial charge in [0, 0.05) is 17.3 Å². The van der Waals surface area contributed by atoms with E-state index in [4.69, 9.17) is 11.6 Å². The van der Waals surface area contributed by atoms with Gasteiger partial charge in [0.2, 0.25) is 5.95 Å². The number of hydrogen-bond acceptors (Lipinski definition) is 5. The number of anilines is 3. The molecule has 3 aromatic rings. The number of rotatable bonds is 6. The third-order valence-electron chi connectivity index (χ3n) is 3.55. The highest BCUT2D eigenvalue weighted by atomic mass is 35.5. The predicted octanol–water partition coefficient (Wildman–Crippen LogP) is 4.23. The number of halogens is 1. The molecule has 6 heteroatoms. The lowest BCUT2D eigenvalue weighted by Gasteiger charge is -2.08. The third kappa shape index (κ3) is 4.43. The molecule has 5 nitrogen and oxygen atoms in total. The van der Waals surface area contributed by atoms with Gasteiger partial charge in [0.05, 0.1) is 6.20 Å². The van der Waals surface area contributed by atoms with E-state index in [0.717, 1.165) is 24.2 Å². The van der Waals surface area contributed by atoms with Gasteiger partial charge in [0.25, 0.3) is 0 Å². The molecule has 0 aliphatic heterocycles. The molecule has 0 spiro atoms. The first-order chi connectivity index (χ1) is 11.7. The van der Waals surface area contributed by atoms with Gasteiger partial charge in [-0.1, -0.05) is 48.0 Å². The van der Waals surface area contributed by atoms with Crippen LogP contribution in [0.1, 0.15) is 11.1 Å². The van der Waals surface area contributed by atoms with Crippen molar-refractivity contribution in [1.82, 2.24) is 15.2 Å². The zero-order chi connectivity index (χ0) is 16.8. The Hall–Kier alpha value is -2.66. The Balaban J connectivity index is 1.60. The van der Waals surface area contributed by atoms with Crippen molar-refractivity contribution >= 4 is 29.1 Å². The number of nitrogens with one attached hydrogen (secondary N) is 2. The fourth-order valence-electron chi connectivity index (χ4n) is 2.22. The van der Waals surface area contributed by atoms with E-state index < -0.39 is 0 Å². The Morgan fingerprint density at radius 2 is 1.92 bits per heavy atom. The van der Waals surface area contributed by atoms with Crippen LogP contribution in [-0.2, 0) is 6.42 Å². The van der Waals surface area contributed by atoms with Crippen LogP contribution < -0.4 is 10.6 Å². The van der Waals surface area contributed by atoms with Crippen LogP contribution in [0.3, 0.4) is 0 Å². The van der Waals surface area contributed by atoms with Crippen molar-refractivity contribution < 1.29 is 0 Å². The monoisotopic (exact) mass is 339 g/mol. The lowest BCUT2D eigenvalue weighted by molar-refractivity contribution is 0.950. The van der Waals surface area contributed by atoms with Crippen molar-refractivity contribution in [2.24, 2.45) is 0 Å². The highest BCUT2D eigenvalue weighted by Gasteiger charge is 2.03. The van der Waals surface area contributed by atoms with Crippen LogP contribution >= 0.6 is 11.6 Å². The van der Waals surface area contributed by atoms with Crippen molar-refractivity contribution in [3.8, 4) is 0 Å². The Bertz CT molecular complexity index is 808. The molecule has 0 bridgehead atoms. The summed E-state index contributed by atoms with van der Waals surface area (Å²) in [5.74, 6) is 1.11. The number of hydrogen-bond donors (Lipinski definition) is 2. The van der Waals surface area contributed by atoms with Crippen LogP contribution in [0.2, 0.25) is 5.02 Å². The Kier molecular flexibility index (Phi) is 5.23. The maximum Gasteiger partial charge on any atom is 0.249 e. The van der Waals surface area contributed by atoms with Crippen LogP contribution in [0, 0.1) is 6.92 Å². The summed E-state index contributed by atoms with van der Waals surface area (Å²) in [7, 11) is 0. The van der Waals surface area contributed by atoms with Gasteiger partial charge in [-0.2, -0.15) is 10.1 Å². The molecule has 0 radical (unpaired) electrons. The topological polar surface area (TPSA) is 62.7 Å². The number of aryl methyl sites for hydroxylation is 1. The van der Waals surface area contributed by atoms with E-state index in [1.807, 2.05) is 43.3 Å². The molecule has 0 atom stereocenters. The first kappa shape index (κ1) is 16.2. The van der Waals surface area contributed by atoms with Crippen molar-refractivity contribution in [1.29, 1.82) is 0 Å². The molecule has 0 fully saturated rings. The van der Waals surface area contributed by atoms with Gasteiger partial charge in [-0.05, 0) is 36.6 Å². The minimum atomic E-state index is 0.430. The van der Waals surface area contributed by atoms with E-state index >= 15 is 0 Å². The fourth-order valence-corrected chi connectivity index (χ4v) is 2.40. The minimum absolute atomic E-state index is 0.430. The zero-order valence-electron chi connectivity index (χ0n) is 13.3. The van der Waals surface area contributed by atoms with Crippen molar-refractivity contribution in [3.63, 3.8) is 0 Å². The van der Waals surface area contributed by atoms with Crippen LogP contribution in [0.4, 0.5) is 17.5 Å². The summed E-state index contributed by atoms with van der Waals surface area (Å²) < 4.78 is 0. The summed E-state index contributed by atoms with van der Waals surface area (Å²) in [6.45, 7) is 2.74. The Labute approximate surface area is 146 Å². The van der Waals surface area contributed by atoms with Crippen molar-refractivity contribution in [2.45, 2.75) is 13.3 Å². The second kappa shape index (κ2) is 7.75. The number of benzene rings is 2. The van der Waals surface area contributed by atoms with E-state index in [1.165, 1.54) is 5.56 Å². The first-order valence-electron chi connectivity index (χ1n) is 7.71. The molecule has 24 heavy (non-hydrogen) atoms. The molecule has 0 unspecified atom stereocenters. The van der Waals surface area contributed by atoms with Crippen LogP contribution in [-0.4, -0.2) is 21.7 Å². The SMILES string of the molecule is Cc1ccc(Nc2nncc(NCCc3ccccc3)n2)cc1Cl. The minimum Gasteiger partial charge on any atom is -0.368 e. The molecule has 2 N–H and O–H groups in total. The molecule has 0 amide bonds. The second-order valence-electron chi connectivity index (χ2n) is 5.42. The van der Waals surface area contributed by atoms with Gasteiger partial charge in [-0.3, -0.25) is 0 Å². The van der Waals surface area contributed by atoms with E-state index in [9.17, 15) is 0 Å². The van der Waals surface area contributed by atoms with Gasteiger partial charge < -0.3 is 10.6 Å². The van der Waals surface area contributed by atoms with Gasteiger partial charge in [0.1, 0.15) is 0 Å². The number of nitrogens with zero attached hydrogens (tertiary/aromatic N) is 3. The summed E-state index contributed by atoms with van der Waals surface area (Å²) in [4.78, 5) is 4.41. The molecular weight excluding hydrogens is 322 g/mol. The predicted molar refractivity (Wildman–Crippen MR) is 97.9 cm³/mol. The molecule has 2 aromatic carbocycles. The third-order valence-corrected chi connectivity index (χ3v) is 3.96. The standard InChI is InChI=1S/C18H18ClN5/c1-13-7-8-15(11-16(13)19)22-18-23-17(12-21-24-18)20-10-9-14-5-3-2-4-6-14/h2-8,11-12H,9-10H2,1H3,(H2,20,22,23,24). The van der Waals surface area contributed by atoms with Gasteiger partial charge in [0.15, 0.2) is 5.82 Å². The molecule has 0 aliphatic rings. The van der Waals surface area contributed by atoms with Gasteiger partial charge >= 0.3 is 0 Å². The molecule has 122 valence electrons. The maximum absolute atomic E-state index is 6.13. The molecule has 0 saturated heterocycles. The maximum atomic E-state index is 6.13. The molecule has 1 aromatic heterocycles.